The molecule has 1 aliphatic carbocycles. The highest BCUT2D eigenvalue weighted by atomic mass is 16.5. The monoisotopic (exact) mass is 182 g/mol. The van der Waals surface area contributed by atoms with Crippen LogP contribution in [-0.4, -0.2) is 26.2 Å². The van der Waals surface area contributed by atoms with Crippen molar-refractivity contribution in [2.24, 2.45) is 5.92 Å². The second-order valence-corrected chi connectivity index (χ2v) is 3.54. The molecule has 72 valence electrons. The molecule has 0 saturated heterocycles. The molecule has 0 radical (unpaired) electrons. The predicted octanol–water partition coefficient (Wildman–Crippen LogP) is 0.340. The lowest BCUT2D eigenvalue weighted by molar-refractivity contribution is -0.152. The topological polar surface area (TPSA) is 43.4 Å². The van der Waals surface area contributed by atoms with Crippen LogP contribution >= 0.6 is 0 Å². The van der Waals surface area contributed by atoms with Gasteiger partial charge in [0.05, 0.1) is 6.61 Å². The van der Waals surface area contributed by atoms with Crippen molar-refractivity contribution in [1.29, 1.82) is 0 Å². The Balaban J connectivity index is 2.57. The normalized spacial score (nSPS) is 28.5. The van der Waals surface area contributed by atoms with E-state index >= 15 is 0 Å². The van der Waals surface area contributed by atoms with Gasteiger partial charge in [0, 0.05) is 0 Å². The maximum atomic E-state index is 11.5. The fraction of sp³-hybridized carbons (Fsp3) is 0.778. The largest absolute Gasteiger partial charge is 0.465 e. The van der Waals surface area contributed by atoms with Crippen molar-refractivity contribution in [1.82, 2.24) is 0 Å². The molecule has 1 rings (SSSR count). The van der Waals surface area contributed by atoms with Crippen molar-refractivity contribution in [3.05, 3.63) is 0 Å². The molecule has 13 heavy (non-hydrogen) atoms. The fourth-order valence-corrected chi connectivity index (χ4v) is 1.73. The van der Waals surface area contributed by atoms with E-state index in [0.717, 1.165) is 12.8 Å². The van der Waals surface area contributed by atoms with Crippen molar-refractivity contribution in [3.63, 3.8) is 0 Å². The molecule has 1 saturated carbocycles. The van der Waals surface area contributed by atoms with E-state index in [-0.39, 0.29) is 17.6 Å². The Morgan fingerprint density at radius 3 is 2.92 bits per heavy atom. The van der Waals surface area contributed by atoms with Gasteiger partial charge in [-0.2, -0.15) is 0 Å². The van der Waals surface area contributed by atoms with Gasteiger partial charge in [-0.25, -0.2) is 0 Å². The third-order valence-corrected chi connectivity index (χ3v) is 2.53. The number of rotatable bonds is 2. The third kappa shape index (κ3) is 2.33. The number of carbonyl (C=O) groups is 2. The molecule has 0 aromatic rings. The first-order chi connectivity index (χ1) is 6.16. The molecule has 2 unspecified atom stereocenters. The van der Waals surface area contributed by atoms with E-state index in [2.05, 4.69) is 0 Å². The van der Waals surface area contributed by atoms with Crippen LogP contribution in [0.2, 0.25) is 5.82 Å². The molecule has 3 nitrogen and oxygen atoms in total. The highest BCUT2D eigenvalue weighted by molar-refractivity contribution is 6.26. The molecule has 2 atom stereocenters. The zero-order valence-electron chi connectivity index (χ0n) is 8.21. The highest BCUT2D eigenvalue weighted by Gasteiger charge is 2.34. The average Bonchev–Trinajstić information content (AvgIpc) is 2.10. The smallest absolute Gasteiger partial charge is 0.316 e. The van der Waals surface area contributed by atoms with Crippen LogP contribution in [-0.2, 0) is 14.3 Å². The maximum Gasteiger partial charge on any atom is 0.316 e. The third-order valence-electron chi connectivity index (χ3n) is 2.53. The number of esters is 1. The van der Waals surface area contributed by atoms with Gasteiger partial charge >= 0.3 is 5.97 Å². The van der Waals surface area contributed by atoms with Crippen LogP contribution in [0.5, 0.6) is 0 Å². The van der Waals surface area contributed by atoms with Crippen LogP contribution in [0.15, 0.2) is 0 Å². The molecular weight excluding hydrogens is 167 g/mol. The number of Topliss-reactive ketones (excluding diaryl/α,β-unsaturated/α-hetero) is 1. The summed E-state index contributed by atoms with van der Waals surface area (Å²) in [5, 5.41) is 0. The van der Waals surface area contributed by atoms with Crippen molar-refractivity contribution in [3.8, 4) is 0 Å². The summed E-state index contributed by atoms with van der Waals surface area (Å²) in [7, 11) is 1.88. The molecule has 0 aromatic heterocycles. The van der Waals surface area contributed by atoms with Crippen molar-refractivity contribution in [2.45, 2.75) is 32.0 Å². The summed E-state index contributed by atoms with van der Waals surface area (Å²) in [5.41, 5.74) is 0. The zero-order chi connectivity index (χ0) is 9.84. The molecular formula is C9H15BO3. The van der Waals surface area contributed by atoms with Crippen LogP contribution in [0.1, 0.15) is 26.2 Å². The average molecular weight is 182 g/mol. The number of ketones is 1. The fourth-order valence-electron chi connectivity index (χ4n) is 1.73. The van der Waals surface area contributed by atoms with Gasteiger partial charge in [-0.1, -0.05) is 12.8 Å². The van der Waals surface area contributed by atoms with Crippen LogP contribution in [0.25, 0.3) is 0 Å². The minimum Gasteiger partial charge on any atom is -0.465 e. The molecule has 0 N–H and O–H groups in total. The number of hydrogen-bond donors (Lipinski definition) is 0. The lowest BCUT2D eigenvalue weighted by Gasteiger charge is -2.23. The summed E-state index contributed by atoms with van der Waals surface area (Å²) in [5.74, 6) is -0.726. The first kappa shape index (κ1) is 10.3. The minimum atomic E-state index is -0.483. The van der Waals surface area contributed by atoms with Crippen molar-refractivity contribution >= 4 is 19.6 Å². The van der Waals surface area contributed by atoms with Gasteiger partial charge in [-0.05, 0) is 19.2 Å². The number of carbonyl (C=O) groups excluding carboxylic acids is 2. The van der Waals surface area contributed by atoms with Crippen LogP contribution < -0.4 is 0 Å². The standard InChI is InChI=1S/C9H15BO3/c1-2-13-9(12)6-4-3-5-7(10)8(6)11/h6-7H,2-5,10H2,1H3. The predicted molar refractivity (Wildman–Crippen MR) is 51.3 cm³/mol. The summed E-state index contributed by atoms with van der Waals surface area (Å²) >= 11 is 0. The quantitative estimate of drug-likeness (QED) is 0.351. The summed E-state index contributed by atoms with van der Waals surface area (Å²) in [6.45, 7) is 2.12. The number of hydrogen-bond acceptors (Lipinski definition) is 3. The molecule has 0 aromatic carbocycles. The van der Waals surface area contributed by atoms with E-state index in [4.69, 9.17) is 4.74 Å². The Morgan fingerprint density at radius 1 is 1.62 bits per heavy atom. The van der Waals surface area contributed by atoms with E-state index in [9.17, 15) is 9.59 Å². The van der Waals surface area contributed by atoms with E-state index < -0.39 is 5.92 Å². The Morgan fingerprint density at radius 2 is 2.31 bits per heavy atom. The second-order valence-electron chi connectivity index (χ2n) is 3.54. The van der Waals surface area contributed by atoms with Gasteiger partial charge in [0.15, 0.2) is 0 Å². The summed E-state index contributed by atoms with van der Waals surface area (Å²) in [4.78, 5) is 22.9. The summed E-state index contributed by atoms with van der Waals surface area (Å²) < 4.78 is 4.84. The zero-order valence-corrected chi connectivity index (χ0v) is 8.21. The number of ether oxygens (including phenoxy) is 1. The van der Waals surface area contributed by atoms with Gasteiger partial charge in [0.25, 0.3) is 0 Å². The minimum absolute atomic E-state index is 0.0307. The molecule has 0 bridgehead atoms. The Hall–Kier alpha value is -0.795. The van der Waals surface area contributed by atoms with Gasteiger partial charge < -0.3 is 4.74 Å². The molecule has 0 aliphatic heterocycles. The first-order valence-corrected chi connectivity index (χ1v) is 4.87. The van der Waals surface area contributed by atoms with Gasteiger partial charge in [-0.15, -0.1) is 0 Å². The lowest BCUT2D eigenvalue weighted by atomic mass is 9.70. The molecule has 4 heteroatoms. The Bertz CT molecular complexity index is 215. The Kier molecular flexibility index (Phi) is 3.52. The molecule has 0 amide bonds. The van der Waals surface area contributed by atoms with Gasteiger partial charge in [0.2, 0.25) is 0 Å². The van der Waals surface area contributed by atoms with E-state index in [0.29, 0.717) is 13.0 Å². The summed E-state index contributed by atoms with van der Waals surface area (Å²) in [6.07, 6.45) is 2.53. The van der Waals surface area contributed by atoms with Crippen LogP contribution in [0.4, 0.5) is 0 Å². The van der Waals surface area contributed by atoms with Crippen molar-refractivity contribution < 1.29 is 14.3 Å². The molecule has 1 fully saturated rings. The molecule has 0 spiro atoms. The van der Waals surface area contributed by atoms with Crippen molar-refractivity contribution in [2.75, 3.05) is 6.61 Å². The second kappa shape index (κ2) is 4.44. The van der Waals surface area contributed by atoms with Gasteiger partial charge in [0.1, 0.15) is 19.5 Å². The summed E-state index contributed by atoms with van der Waals surface area (Å²) in [6, 6.07) is 0. The molecule has 0 heterocycles. The molecule has 1 aliphatic rings. The first-order valence-electron chi connectivity index (χ1n) is 4.87. The van der Waals surface area contributed by atoms with Gasteiger partial charge in [-0.3, -0.25) is 9.59 Å². The van der Waals surface area contributed by atoms with Crippen LogP contribution in [0, 0.1) is 5.92 Å². The van der Waals surface area contributed by atoms with E-state index in [1.54, 1.807) is 6.92 Å². The lowest BCUT2D eigenvalue weighted by Crippen LogP contribution is -2.32. The maximum absolute atomic E-state index is 11.5. The Labute approximate surface area is 79.2 Å². The SMILES string of the molecule is BC1CCCC(C(=O)OCC)C1=O. The highest BCUT2D eigenvalue weighted by Crippen LogP contribution is 2.28. The van der Waals surface area contributed by atoms with E-state index in [1.807, 2.05) is 7.85 Å². The van der Waals surface area contributed by atoms with E-state index in [1.165, 1.54) is 0 Å². The van der Waals surface area contributed by atoms with Crippen LogP contribution in [0.3, 0.4) is 0 Å².